The molecule has 4 heteroatoms. The van der Waals surface area contributed by atoms with Gasteiger partial charge in [-0.25, -0.2) is 0 Å². The summed E-state index contributed by atoms with van der Waals surface area (Å²) in [6, 6.07) is 6.47. The molecule has 1 atom stereocenters. The lowest BCUT2D eigenvalue weighted by Crippen LogP contribution is -2.21. The highest BCUT2D eigenvalue weighted by Gasteiger charge is 2.15. The van der Waals surface area contributed by atoms with Gasteiger partial charge in [0.25, 0.3) is 0 Å². The normalized spacial score (nSPS) is 12.4. The highest BCUT2D eigenvalue weighted by Crippen LogP contribution is 2.27. The van der Waals surface area contributed by atoms with E-state index in [4.69, 9.17) is 4.74 Å². The Hall–Kier alpha value is -1.81. The van der Waals surface area contributed by atoms with Crippen molar-refractivity contribution in [3.63, 3.8) is 0 Å². The van der Waals surface area contributed by atoms with Gasteiger partial charge in [0, 0.05) is 18.8 Å². The first kappa shape index (κ1) is 13.6. The number of benzene rings is 1. The maximum atomic E-state index is 5.41. The second-order valence-electron chi connectivity index (χ2n) is 4.67. The van der Waals surface area contributed by atoms with E-state index in [1.807, 2.05) is 24.1 Å². The van der Waals surface area contributed by atoms with Gasteiger partial charge in [-0.05, 0) is 30.7 Å². The SMILES string of the molecule is CCNC(c1ccc(C)c(OC)c1)c1cnn(C)c1. The van der Waals surface area contributed by atoms with Crippen molar-refractivity contribution < 1.29 is 4.74 Å². The van der Waals surface area contributed by atoms with Crippen LogP contribution in [0.4, 0.5) is 0 Å². The van der Waals surface area contributed by atoms with Gasteiger partial charge in [-0.1, -0.05) is 19.1 Å². The number of nitrogens with zero attached hydrogens (tertiary/aromatic N) is 2. The average molecular weight is 259 g/mol. The van der Waals surface area contributed by atoms with E-state index in [9.17, 15) is 0 Å². The molecule has 0 saturated carbocycles. The van der Waals surface area contributed by atoms with E-state index in [1.165, 1.54) is 5.56 Å². The van der Waals surface area contributed by atoms with E-state index in [-0.39, 0.29) is 6.04 Å². The molecule has 0 fully saturated rings. The molecular formula is C15H21N3O. The Kier molecular flexibility index (Phi) is 4.22. The molecule has 4 nitrogen and oxygen atoms in total. The second-order valence-corrected chi connectivity index (χ2v) is 4.67. The minimum atomic E-state index is 0.146. The number of ether oxygens (including phenoxy) is 1. The first-order chi connectivity index (χ1) is 9.15. The fourth-order valence-electron chi connectivity index (χ4n) is 2.24. The van der Waals surface area contributed by atoms with Crippen molar-refractivity contribution in [1.82, 2.24) is 15.1 Å². The molecular weight excluding hydrogens is 238 g/mol. The minimum absolute atomic E-state index is 0.146. The zero-order chi connectivity index (χ0) is 13.8. The van der Waals surface area contributed by atoms with E-state index in [2.05, 4.69) is 42.5 Å². The standard InChI is InChI=1S/C15H21N3O/c1-5-16-15(13-9-17-18(3)10-13)12-7-6-11(2)14(8-12)19-4/h6-10,15-16H,5H2,1-4H3. The number of hydrogen-bond donors (Lipinski definition) is 1. The molecule has 19 heavy (non-hydrogen) atoms. The first-order valence-corrected chi connectivity index (χ1v) is 6.52. The Bertz CT molecular complexity index is 548. The zero-order valence-electron chi connectivity index (χ0n) is 12.0. The van der Waals surface area contributed by atoms with Crippen LogP contribution in [0.5, 0.6) is 5.75 Å². The van der Waals surface area contributed by atoms with Gasteiger partial charge in [-0.15, -0.1) is 0 Å². The van der Waals surface area contributed by atoms with Gasteiger partial charge in [-0.3, -0.25) is 4.68 Å². The van der Waals surface area contributed by atoms with Crippen molar-refractivity contribution in [3.05, 3.63) is 47.3 Å². The molecule has 1 aromatic heterocycles. The molecule has 102 valence electrons. The molecule has 1 unspecified atom stereocenters. The summed E-state index contributed by atoms with van der Waals surface area (Å²) in [4.78, 5) is 0. The Balaban J connectivity index is 2.38. The van der Waals surface area contributed by atoms with Crippen LogP contribution in [0.25, 0.3) is 0 Å². The molecule has 0 bridgehead atoms. The lowest BCUT2D eigenvalue weighted by Gasteiger charge is -2.18. The fraction of sp³-hybridized carbons (Fsp3) is 0.400. The Morgan fingerprint density at radius 3 is 2.74 bits per heavy atom. The highest BCUT2D eigenvalue weighted by atomic mass is 16.5. The van der Waals surface area contributed by atoms with E-state index in [0.717, 1.165) is 23.4 Å². The van der Waals surface area contributed by atoms with E-state index in [1.54, 1.807) is 7.11 Å². The summed E-state index contributed by atoms with van der Waals surface area (Å²) in [5.41, 5.74) is 3.50. The molecule has 1 N–H and O–H groups in total. The third-order valence-electron chi connectivity index (χ3n) is 3.23. The van der Waals surface area contributed by atoms with Gasteiger partial charge in [0.15, 0.2) is 0 Å². The molecule has 0 aliphatic heterocycles. The summed E-state index contributed by atoms with van der Waals surface area (Å²) in [5, 5.41) is 7.74. The van der Waals surface area contributed by atoms with Gasteiger partial charge in [0.1, 0.15) is 5.75 Å². The average Bonchev–Trinajstić information content (AvgIpc) is 2.83. The van der Waals surface area contributed by atoms with Crippen molar-refractivity contribution in [1.29, 1.82) is 0 Å². The summed E-state index contributed by atoms with van der Waals surface area (Å²) < 4.78 is 7.23. The summed E-state index contributed by atoms with van der Waals surface area (Å²) >= 11 is 0. The fourth-order valence-corrected chi connectivity index (χ4v) is 2.24. The molecule has 1 heterocycles. The number of aromatic nitrogens is 2. The van der Waals surface area contributed by atoms with Gasteiger partial charge in [0.2, 0.25) is 0 Å². The van der Waals surface area contributed by atoms with Gasteiger partial charge >= 0.3 is 0 Å². The minimum Gasteiger partial charge on any atom is -0.496 e. The molecule has 0 aliphatic rings. The number of hydrogen-bond acceptors (Lipinski definition) is 3. The molecule has 1 aromatic carbocycles. The topological polar surface area (TPSA) is 39.1 Å². The molecule has 2 aromatic rings. The Morgan fingerprint density at radius 2 is 2.16 bits per heavy atom. The van der Waals surface area contributed by atoms with Crippen LogP contribution >= 0.6 is 0 Å². The molecule has 0 radical (unpaired) electrons. The van der Waals surface area contributed by atoms with Crippen LogP contribution < -0.4 is 10.1 Å². The summed E-state index contributed by atoms with van der Waals surface area (Å²) in [5.74, 6) is 0.921. The predicted octanol–water partition coefficient (Wildman–Crippen LogP) is 2.44. The molecule has 0 amide bonds. The number of nitrogens with one attached hydrogen (secondary N) is 1. The van der Waals surface area contributed by atoms with Crippen LogP contribution in [-0.2, 0) is 7.05 Å². The van der Waals surface area contributed by atoms with E-state index < -0.39 is 0 Å². The second kappa shape index (κ2) is 5.89. The summed E-state index contributed by atoms with van der Waals surface area (Å²) in [7, 11) is 3.64. The van der Waals surface area contributed by atoms with E-state index >= 15 is 0 Å². The summed E-state index contributed by atoms with van der Waals surface area (Å²) in [6.07, 6.45) is 3.94. The van der Waals surface area contributed by atoms with Crippen molar-refractivity contribution in [2.45, 2.75) is 19.9 Å². The van der Waals surface area contributed by atoms with Crippen LogP contribution in [-0.4, -0.2) is 23.4 Å². The smallest absolute Gasteiger partial charge is 0.122 e. The monoisotopic (exact) mass is 259 g/mol. The zero-order valence-corrected chi connectivity index (χ0v) is 12.0. The number of aryl methyl sites for hydroxylation is 2. The van der Waals surface area contributed by atoms with Gasteiger partial charge < -0.3 is 10.1 Å². The molecule has 0 aliphatic carbocycles. The van der Waals surface area contributed by atoms with Gasteiger partial charge in [-0.2, -0.15) is 5.10 Å². The number of methoxy groups -OCH3 is 1. The third-order valence-corrected chi connectivity index (χ3v) is 3.23. The van der Waals surface area contributed by atoms with Crippen molar-refractivity contribution in [2.24, 2.45) is 7.05 Å². The molecule has 0 saturated heterocycles. The quantitative estimate of drug-likeness (QED) is 0.896. The molecule has 0 spiro atoms. The van der Waals surface area contributed by atoms with E-state index in [0.29, 0.717) is 0 Å². The third kappa shape index (κ3) is 2.96. The Labute approximate surface area is 114 Å². The van der Waals surface area contributed by atoms with Crippen LogP contribution in [0.15, 0.2) is 30.6 Å². The first-order valence-electron chi connectivity index (χ1n) is 6.52. The van der Waals surface area contributed by atoms with Crippen molar-refractivity contribution in [2.75, 3.05) is 13.7 Å². The van der Waals surface area contributed by atoms with Crippen LogP contribution in [0.3, 0.4) is 0 Å². The molecule has 2 rings (SSSR count). The lowest BCUT2D eigenvalue weighted by molar-refractivity contribution is 0.410. The maximum absolute atomic E-state index is 5.41. The largest absolute Gasteiger partial charge is 0.496 e. The lowest BCUT2D eigenvalue weighted by atomic mass is 10.00. The summed E-state index contributed by atoms with van der Waals surface area (Å²) in [6.45, 7) is 5.06. The van der Waals surface area contributed by atoms with Crippen molar-refractivity contribution in [3.8, 4) is 5.75 Å². The number of rotatable bonds is 5. The predicted molar refractivity (Wildman–Crippen MR) is 76.5 cm³/mol. The van der Waals surface area contributed by atoms with Crippen LogP contribution in [0, 0.1) is 6.92 Å². The van der Waals surface area contributed by atoms with Crippen LogP contribution in [0.2, 0.25) is 0 Å². The van der Waals surface area contributed by atoms with Crippen molar-refractivity contribution >= 4 is 0 Å². The Morgan fingerprint density at radius 1 is 1.37 bits per heavy atom. The highest BCUT2D eigenvalue weighted by molar-refractivity contribution is 5.40. The maximum Gasteiger partial charge on any atom is 0.122 e. The van der Waals surface area contributed by atoms with Gasteiger partial charge in [0.05, 0.1) is 19.3 Å². The van der Waals surface area contributed by atoms with Crippen LogP contribution in [0.1, 0.15) is 29.7 Å².